The summed E-state index contributed by atoms with van der Waals surface area (Å²) in [6, 6.07) is 6.02. The normalized spacial score (nSPS) is 17.1. The van der Waals surface area contributed by atoms with Gasteiger partial charge in [0.05, 0.1) is 7.11 Å². The van der Waals surface area contributed by atoms with Crippen molar-refractivity contribution in [2.45, 2.75) is 26.2 Å². The molecule has 1 aliphatic rings. The van der Waals surface area contributed by atoms with Gasteiger partial charge in [0, 0.05) is 13.1 Å². The van der Waals surface area contributed by atoms with E-state index in [4.69, 9.17) is 9.57 Å². The Morgan fingerprint density at radius 1 is 1.06 bits per heavy atom. The van der Waals surface area contributed by atoms with Gasteiger partial charge in [0.15, 0.2) is 11.5 Å². The van der Waals surface area contributed by atoms with Gasteiger partial charge in [0.1, 0.15) is 0 Å². The molecule has 1 saturated heterocycles. The highest BCUT2D eigenvalue weighted by molar-refractivity contribution is 5.42. The van der Waals surface area contributed by atoms with Crippen LogP contribution in [0.5, 0.6) is 11.5 Å². The molecule has 0 saturated carbocycles. The number of methoxy groups -OCH3 is 1. The monoisotopic (exact) mass is 221 g/mol. The molecule has 2 rings (SSSR count). The third-order valence-electron chi connectivity index (χ3n) is 2.86. The van der Waals surface area contributed by atoms with Crippen LogP contribution in [0.3, 0.4) is 0 Å². The first-order valence-corrected chi connectivity index (χ1v) is 5.87. The Balaban J connectivity index is 2.07. The molecule has 0 radical (unpaired) electrons. The molecule has 0 aromatic heterocycles. The van der Waals surface area contributed by atoms with E-state index in [1.165, 1.54) is 24.8 Å². The summed E-state index contributed by atoms with van der Waals surface area (Å²) in [4.78, 5) is 5.84. The Labute approximate surface area is 96.9 Å². The topological polar surface area (TPSA) is 21.7 Å². The van der Waals surface area contributed by atoms with Crippen molar-refractivity contribution in [3.63, 3.8) is 0 Å². The van der Waals surface area contributed by atoms with E-state index in [2.05, 4.69) is 0 Å². The highest BCUT2D eigenvalue weighted by Gasteiger charge is 2.14. The highest BCUT2D eigenvalue weighted by atomic mass is 16.7. The second kappa shape index (κ2) is 5.21. The molecule has 0 spiro atoms. The Kier molecular flexibility index (Phi) is 3.67. The van der Waals surface area contributed by atoms with Crippen molar-refractivity contribution < 1.29 is 9.57 Å². The number of nitrogens with zero attached hydrogens (tertiary/aromatic N) is 1. The second-order valence-corrected chi connectivity index (χ2v) is 4.24. The Bertz CT molecular complexity index is 346. The first-order valence-electron chi connectivity index (χ1n) is 5.87. The Hall–Kier alpha value is -1.22. The lowest BCUT2D eigenvalue weighted by molar-refractivity contribution is -0.0735. The Morgan fingerprint density at radius 2 is 1.81 bits per heavy atom. The van der Waals surface area contributed by atoms with Crippen LogP contribution >= 0.6 is 0 Å². The van der Waals surface area contributed by atoms with Gasteiger partial charge in [0.2, 0.25) is 0 Å². The van der Waals surface area contributed by atoms with E-state index >= 15 is 0 Å². The maximum Gasteiger partial charge on any atom is 0.189 e. The number of aryl methyl sites for hydroxylation is 1. The van der Waals surface area contributed by atoms with E-state index in [1.54, 1.807) is 7.11 Å². The zero-order valence-electron chi connectivity index (χ0n) is 10.0. The molecule has 1 fully saturated rings. The van der Waals surface area contributed by atoms with Gasteiger partial charge in [0.25, 0.3) is 0 Å². The van der Waals surface area contributed by atoms with Crippen molar-refractivity contribution in [2.24, 2.45) is 0 Å². The van der Waals surface area contributed by atoms with E-state index in [1.807, 2.05) is 30.2 Å². The number of piperidine rings is 1. The molecule has 0 amide bonds. The van der Waals surface area contributed by atoms with Gasteiger partial charge >= 0.3 is 0 Å². The molecule has 16 heavy (non-hydrogen) atoms. The number of hydroxylamine groups is 2. The van der Waals surface area contributed by atoms with E-state index in [0.717, 1.165) is 24.6 Å². The van der Waals surface area contributed by atoms with Gasteiger partial charge in [-0.25, -0.2) is 0 Å². The van der Waals surface area contributed by atoms with Crippen LogP contribution in [0.25, 0.3) is 0 Å². The van der Waals surface area contributed by atoms with Crippen molar-refractivity contribution in [1.29, 1.82) is 0 Å². The molecule has 1 aromatic rings. The summed E-state index contributed by atoms with van der Waals surface area (Å²) in [6.07, 6.45) is 3.74. The minimum absolute atomic E-state index is 0.811. The van der Waals surface area contributed by atoms with E-state index < -0.39 is 0 Å². The van der Waals surface area contributed by atoms with Gasteiger partial charge in [-0.1, -0.05) is 12.5 Å². The smallest absolute Gasteiger partial charge is 0.189 e. The number of ether oxygens (including phenoxy) is 1. The standard InChI is InChI=1S/C13H19NO2/c1-11-6-7-12(13(10-11)15-2)16-14-8-4-3-5-9-14/h6-7,10H,3-5,8-9H2,1-2H3. The first kappa shape index (κ1) is 11.3. The fourth-order valence-electron chi connectivity index (χ4n) is 1.95. The summed E-state index contributed by atoms with van der Waals surface area (Å²) in [5, 5.41) is 2.02. The summed E-state index contributed by atoms with van der Waals surface area (Å²) >= 11 is 0. The minimum atomic E-state index is 0.811. The number of rotatable bonds is 3. The lowest BCUT2D eigenvalue weighted by Gasteiger charge is -2.26. The number of hydrogen-bond acceptors (Lipinski definition) is 3. The zero-order chi connectivity index (χ0) is 11.4. The van der Waals surface area contributed by atoms with Crippen LogP contribution in [0, 0.1) is 6.92 Å². The van der Waals surface area contributed by atoms with Crippen LogP contribution in [0.15, 0.2) is 18.2 Å². The van der Waals surface area contributed by atoms with E-state index in [9.17, 15) is 0 Å². The molecule has 1 aliphatic heterocycles. The molecule has 0 atom stereocenters. The molecule has 0 aliphatic carbocycles. The zero-order valence-corrected chi connectivity index (χ0v) is 10.0. The molecular formula is C13H19NO2. The van der Waals surface area contributed by atoms with Crippen molar-refractivity contribution in [3.05, 3.63) is 23.8 Å². The summed E-state index contributed by atoms with van der Waals surface area (Å²) < 4.78 is 5.32. The van der Waals surface area contributed by atoms with Crippen LogP contribution in [0.4, 0.5) is 0 Å². The van der Waals surface area contributed by atoms with Crippen LogP contribution in [0.1, 0.15) is 24.8 Å². The predicted molar refractivity (Wildman–Crippen MR) is 63.8 cm³/mol. The average molecular weight is 221 g/mol. The third kappa shape index (κ3) is 2.67. The molecule has 88 valence electrons. The Morgan fingerprint density at radius 3 is 2.50 bits per heavy atom. The summed E-state index contributed by atoms with van der Waals surface area (Å²) in [5.41, 5.74) is 1.18. The third-order valence-corrected chi connectivity index (χ3v) is 2.86. The molecular weight excluding hydrogens is 202 g/mol. The van der Waals surface area contributed by atoms with E-state index in [0.29, 0.717) is 0 Å². The second-order valence-electron chi connectivity index (χ2n) is 4.24. The maximum atomic E-state index is 5.84. The van der Waals surface area contributed by atoms with Crippen molar-refractivity contribution in [1.82, 2.24) is 5.06 Å². The quantitative estimate of drug-likeness (QED) is 0.783. The first-order chi connectivity index (χ1) is 7.79. The fourth-order valence-corrected chi connectivity index (χ4v) is 1.95. The summed E-state index contributed by atoms with van der Waals surface area (Å²) in [7, 11) is 1.68. The van der Waals surface area contributed by atoms with Crippen molar-refractivity contribution in [2.75, 3.05) is 20.2 Å². The fraction of sp³-hybridized carbons (Fsp3) is 0.538. The van der Waals surface area contributed by atoms with Gasteiger partial charge in [-0.15, -0.1) is 5.06 Å². The number of benzene rings is 1. The highest BCUT2D eigenvalue weighted by Crippen LogP contribution is 2.29. The van der Waals surface area contributed by atoms with E-state index in [-0.39, 0.29) is 0 Å². The summed E-state index contributed by atoms with van der Waals surface area (Å²) in [5.74, 6) is 1.63. The SMILES string of the molecule is COc1cc(C)ccc1ON1CCCCC1. The number of hydrogen-bond donors (Lipinski definition) is 0. The molecule has 1 heterocycles. The summed E-state index contributed by atoms with van der Waals surface area (Å²) in [6.45, 7) is 4.07. The predicted octanol–water partition coefficient (Wildman–Crippen LogP) is 2.78. The minimum Gasteiger partial charge on any atom is -0.493 e. The van der Waals surface area contributed by atoms with Gasteiger partial charge in [-0.05, 0) is 37.5 Å². The van der Waals surface area contributed by atoms with Gasteiger partial charge in [-0.2, -0.15) is 0 Å². The largest absolute Gasteiger partial charge is 0.493 e. The molecule has 3 nitrogen and oxygen atoms in total. The molecule has 0 bridgehead atoms. The molecule has 1 aromatic carbocycles. The van der Waals surface area contributed by atoms with Gasteiger partial charge < -0.3 is 9.57 Å². The molecule has 0 N–H and O–H groups in total. The lowest BCUT2D eigenvalue weighted by atomic mass is 10.2. The average Bonchev–Trinajstić information content (AvgIpc) is 2.33. The van der Waals surface area contributed by atoms with Crippen LogP contribution in [-0.2, 0) is 0 Å². The maximum absolute atomic E-state index is 5.84. The van der Waals surface area contributed by atoms with Crippen molar-refractivity contribution in [3.8, 4) is 11.5 Å². The lowest BCUT2D eigenvalue weighted by Crippen LogP contribution is -2.32. The van der Waals surface area contributed by atoms with Gasteiger partial charge in [-0.3, -0.25) is 0 Å². The molecule has 3 heteroatoms. The van der Waals surface area contributed by atoms with Crippen LogP contribution < -0.4 is 9.57 Å². The van der Waals surface area contributed by atoms with Crippen LogP contribution in [-0.4, -0.2) is 25.3 Å². The van der Waals surface area contributed by atoms with Crippen molar-refractivity contribution >= 4 is 0 Å². The van der Waals surface area contributed by atoms with Crippen LogP contribution in [0.2, 0.25) is 0 Å². The molecule has 0 unspecified atom stereocenters.